The molecule has 0 radical (unpaired) electrons. The van der Waals surface area contributed by atoms with Crippen molar-refractivity contribution in [2.45, 2.75) is 37.5 Å². The first-order valence-corrected chi connectivity index (χ1v) is 13.9. The summed E-state index contributed by atoms with van der Waals surface area (Å²) in [7, 11) is -6.71. The zero-order valence-electron chi connectivity index (χ0n) is 18.0. The van der Waals surface area contributed by atoms with Crippen molar-refractivity contribution in [1.82, 2.24) is 13.5 Å². The molecule has 2 aliphatic rings. The first-order chi connectivity index (χ1) is 14.7. The summed E-state index contributed by atoms with van der Waals surface area (Å²) in [4.78, 5) is 14.5. The lowest BCUT2D eigenvalue weighted by Crippen LogP contribution is -2.50. The van der Waals surface area contributed by atoms with Crippen LogP contribution in [0.3, 0.4) is 0 Å². The quantitative estimate of drug-likeness (QED) is 0.638. The van der Waals surface area contributed by atoms with Gasteiger partial charge in [-0.1, -0.05) is 12.8 Å². The van der Waals surface area contributed by atoms with Crippen LogP contribution in [0.4, 0.5) is 5.69 Å². The molecule has 2 heterocycles. The number of hydrogen-bond donors (Lipinski definition) is 1. The van der Waals surface area contributed by atoms with Crippen molar-refractivity contribution in [2.24, 2.45) is 0 Å². The minimum Gasteiger partial charge on any atom is -0.325 e. The Balaban J connectivity index is 1.52. The SMILES string of the molecule is CCS(=O)(=O)N1CCN(CC(=O)Nc2ccc(S(=O)(=O)N3CCCCCC3)cc2)CC1. The van der Waals surface area contributed by atoms with Crippen LogP contribution in [-0.2, 0) is 24.8 Å². The van der Waals surface area contributed by atoms with E-state index >= 15 is 0 Å². The van der Waals surface area contributed by atoms with Crippen LogP contribution in [0, 0.1) is 0 Å². The number of nitrogens with zero attached hydrogens (tertiary/aromatic N) is 3. The summed E-state index contributed by atoms with van der Waals surface area (Å²) < 4.78 is 52.5. The summed E-state index contributed by atoms with van der Waals surface area (Å²) >= 11 is 0. The maximum Gasteiger partial charge on any atom is 0.243 e. The molecule has 11 heteroatoms. The van der Waals surface area contributed by atoms with E-state index in [0.29, 0.717) is 45.0 Å². The maximum atomic E-state index is 12.8. The molecule has 2 fully saturated rings. The third-order valence-electron chi connectivity index (χ3n) is 5.80. The Kier molecular flexibility index (Phi) is 8.08. The van der Waals surface area contributed by atoms with E-state index in [1.165, 1.54) is 16.4 Å². The largest absolute Gasteiger partial charge is 0.325 e. The molecule has 0 unspecified atom stereocenters. The zero-order chi connectivity index (χ0) is 22.5. The van der Waals surface area contributed by atoms with Crippen LogP contribution in [0.2, 0.25) is 0 Å². The van der Waals surface area contributed by atoms with Crippen molar-refractivity contribution in [1.29, 1.82) is 0 Å². The van der Waals surface area contributed by atoms with E-state index in [4.69, 9.17) is 0 Å². The van der Waals surface area contributed by atoms with Gasteiger partial charge in [-0.15, -0.1) is 0 Å². The molecule has 0 atom stereocenters. The first-order valence-electron chi connectivity index (χ1n) is 10.8. The molecule has 2 saturated heterocycles. The molecule has 2 aliphatic heterocycles. The lowest BCUT2D eigenvalue weighted by molar-refractivity contribution is -0.117. The number of carbonyl (C=O) groups is 1. The molecule has 1 aromatic rings. The standard InChI is InChI=1S/C20H32N4O5S2/c1-2-30(26,27)23-15-13-22(14-16-23)17-20(25)21-18-7-9-19(10-8-18)31(28,29)24-11-5-3-4-6-12-24/h7-10H,2-6,11-17H2,1H3,(H,21,25). The highest BCUT2D eigenvalue weighted by atomic mass is 32.2. The first kappa shape index (κ1) is 24.1. The lowest BCUT2D eigenvalue weighted by atomic mass is 10.2. The molecule has 0 spiro atoms. The Morgan fingerprint density at radius 2 is 1.42 bits per heavy atom. The van der Waals surface area contributed by atoms with Gasteiger partial charge in [-0.25, -0.2) is 16.8 Å². The summed E-state index contributed by atoms with van der Waals surface area (Å²) in [6.45, 7) is 4.65. The van der Waals surface area contributed by atoms with Crippen molar-refractivity contribution in [3.05, 3.63) is 24.3 Å². The number of sulfonamides is 2. The molecule has 9 nitrogen and oxygen atoms in total. The number of piperazine rings is 1. The van der Waals surface area contributed by atoms with Crippen LogP contribution in [0.1, 0.15) is 32.6 Å². The second-order valence-corrected chi connectivity index (χ2v) is 12.2. The van der Waals surface area contributed by atoms with Crippen molar-refractivity contribution in [2.75, 3.05) is 56.9 Å². The Morgan fingerprint density at radius 1 is 0.839 bits per heavy atom. The molecular formula is C20H32N4O5S2. The van der Waals surface area contributed by atoms with E-state index in [-0.39, 0.29) is 23.1 Å². The minimum absolute atomic E-state index is 0.0803. The van der Waals surface area contributed by atoms with E-state index in [1.54, 1.807) is 23.4 Å². The molecule has 31 heavy (non-hydrogen) atoms. The van der Waals surface area contributed by atoms with Crippen LogP contribution >= 0.6 is 0 Å². The molecule has 0 saturated carbocycles. The maximum absolute atomic E-state index is 12.8. The molecule has 0 bridgehead atoms. The Morgan fingerprint density at radius 3 is 1.97 bits per heavy atom. The van der Waals surface area contributed by atoms with Gasteiger partial charge in [0.25, 0.3) is 0 Å². The molecule has 1 aromatic carbocycles. The van der Waals surface area contributed by atoms with Crippen LogP contribution in [0.15, 0.2) is 29.2 Å². The van der Waals surface area contributed by atoms with Gasteiger partial charge in [-0.3, -0.25) is 9.69 Å². The number of rotatable bonds is 7. The van der Waals surface area contributed by atoms with Gasteiger partial charge in [0.2, 0.25) is 26.0 Å². The molecule has 0 aromatic heterocycles. The van der Waals surface area contributed by atoms with Crippen LogP contribution in [0.25, 0.3) is 0 Å². The lowest BCUT2D eigenvalue weighted by Gasteiger charge is -2.33. The molecular weight excluding hydrogens is 440 g/mol. The molecule has 0 aliphatic carbocycles. The number of hydrogen-bond acceptors (Lipinski definition) is 6. The van der Waals surface area contributed by atoms with E-state index in [1.807, 2.05) is 4.90 Å². The summed E-state index contributed by atoms with van der Waals surface area (Å²) in [5.74, 6) is -0.133. The van der Waals surface area contributed by atoms with Crippen molar-refractivity contribution < 1.29 is 21.6 Å². The fraction of sp³-hybridized carbons (Fsp3) is 0.650. The number of anilines is 1. The van der Waals surface area contributed by atoms with Gasteiger partial charge < -0.3 is 5.32 Å². The van der Waals surface area contributed by atoms with Crippen molar-refractivity contribution in [3.63, 3.8) is 0 Å². The summed E-state index contributed by atoms with van der Waals surface area (Å²) in [6, 6.07) is 6.27. The third kappa shape index (κ3) is 6.26. The number of benzene rings is 1. The highest BCUT2D eigenvalue weighted by Gasteiger charge is 2.27. The van der Waals surface area contributed by atoms with Crippen molar-refractivity contribution in [3.8, 4) is 0 Å². The van der Waals surface area contributed by atoms with Crippen LogP contribution in [-0.4, -0.2) is 87.8 Å². The Labute approximate surface area is 185 Å². The average Bonchev–Trinajstić information content (AvgIpc) is 3.05. The topological polar surface area (TPSA) is 107 Å². The second-order valence-electron chi connectivity index (χ2n) is 7.97. The van der Waals surface area contributed by atoms with E-state index < -0.39 is 20.0 Å². The molecule has 1 N–H and O–H groups in total. The highest BCUT2D eigenvalue weighted by Crippen LogP contribution is 2.22. The second kappa shape index (κ2) is 10.4. The van der Waals surface area contributed by atoms with Gasteiger partial charge >= 0.3 is 0 Å². The summed E-state index contributed by atoms with van der Waals surface area (Å²) in [5, 5.41) is 2.79. The van der Waals surface area contributed by atoms with Crippen LogP contribution in [0.5, 0.6) is 0 Å². The zero-order valence-corrected chi connectivity index (χ0v) is 19.6. The van der Waals surface area contributed by atoms with Gasteiger partial charge in [0, 0.05) is 45.0 Å². The average molecular weight is 473 g/mol. The monoisotopic (exact) mass is 472 g/mol. The fourth-order valence-corrected chi connectivity index (χ4v) is 6.50. The van der Waals surface area contributed by atoms with Gasteiger partial charge in [0.05, 0.1) is 17.2 Å². The van der Waals surface area contributed by atoms with Crippen LogP contribution < -0.4 is 5.32 Å². The predicted molar refractivity (Wildman–Crippen MR) is 120 cm³/mol. The Hall–Kier alpha value is -1.53. The highest BCUT2D eigenvalue weighted by molar-refractivity contribution is 7.89. The van der Waals surface area contributed by atoms with Gasteiger partial charge in [-0.2, -0.15) is 8.61 Å². The smallest absolute Gasteiger partial charge is 0.243 e. The van der Waals surface area contributed by atoms with Gasteiger partial charge in [-0.05, 0) is 44.0 Å². The number of amides is 1. The van der Waals surface area contributed by atoms with Gasteiger partial charge in [0.15, 0.2) is 0 Å². The predicted octanol–water partition coefficient (Wildman–Crippen LogP) is 1.16. The molecule has 1 amide bonds. The fourth-order valence-electron chi connectivity index (χ4n) is 3.89. The minimum atomic E-state index is -3.51. The van der Waals surface area contributed by atoms with E-state index in [9.17, 15) is 21.6 Å². The number of nitrogens with one attached hydrogen (secondary N) is 1. The van der Waals surface area contributed by atoms with E-state index in [0.717, 1.165) is 25.7 Å². The van der Waals surface area contributed by atoms with Crippen molar-refractivity contribution >= 4 is 31.6 Å². The summed E-state index contributed by atoms with van der Waals surface area (Å²) in [6.07, 6.45) is 3.87. The molecule has 174 valence electrons. The third-order valence-corrected chi connectivity index (χ3v) is 9.59. The number of carbonyl (C=O) groups excluding carboxylic acids is 1. The normalized spacial score (nSPS) is 20.3. The van der Waals surface area contributed by atoms with E-state index in [2.05, 4.69) is 5.32 Å². The van der Waals surface area contributed by atoms with Gasteiger partial charge in [0.1, 0.15) is 0 Å². The Bertz CT molecular complexity index is 948. The molecule has 3 rings (SSSR count). The summed E-state index contributed by atoms with van der Waals surface area (Å²) in [5.41, 5.74) is 0.534.